The minimum atomic E-state index is -0.941. The maximum absolute atomic E-state index is 13.2. The van der Waals surface area contributed by atoms with Crippen molar-refractivity contribution in [3.05, 3.63) is 47.8 Å². The second-order valence-corrected chi connectivity index (χ2v) is 3.26. The molecule has 0 heterocycles. The highest BCUT2D eigenvalue weighted by Gasteiger charge is 2.17. The van der Waals surface area contributed by atoms with Crippen molar-refractivity contribution in [3.8, 4) is 0 Å². The number of hydrogen-bond donors (Lipinski definition) is 1. The van der Waals surface area contributed by atoms with Crippen molar-refractivity contribution in [1.82, 2.24) is 0 Å². The van der Waals surface area contributed by atoms with E-state index in [0.717, 1.165) is 0 Å². The number of benzene rings is 1. The largest absolute Gasteiger partial charge is 0.324 e. The summed E-state index contributed by atoms with van der Waals surface area (Å²) in [7, 11) is 0. The lowest BCUT2D eigenvalue weighted by Crippen LogP contribution is -2.14. The van der Waals surface area contributed by atoms with Gasteiger partial charge in [-0.1, -0.05) is 6.08 Å². The van der Waals surface area contributed by atoms with Gasteiger partial charge in [-0.3, -0.25) is 0 Å². The molecule has 1 aromatic rings. The van der Waals surface area contributed by atoms with Crippen LogP contribution in [-0.4, -0.2) is 0 Å². The predicted molar refractivity (Wildman–Crippen MR) is 59.9 cm³/mol. The van der Waals surface area contributed by atoms with Crippen molar-refractivity contribution in [3.63, 3.8) is 0 Å². The summed E-state index contributed by atoms with van der Waals surface area (Å²) < 4.78 is 39.0. The highest BCUT2D eigenvalue weighted by atomic mass is 35.5. The Morgan fingerprint density at radius 1 is 1.25 bits per heavy atom. The molecule has 90 valence electrons. The van der Waals surface area contributed by atoms with E-state index in [9.17, 15) is 13.2 Å². The van der Waals surface area contributed by atoms with Crippen LogP contribution >= 0.6 is 12.4 Å². The van der Waals surface area contributed by atoms with E-state index in [-0.39, 0.29) is 18.0 Å². The highest BCUT2D eigenvalue weighted by molar-refractivity contribution is 5.85. The molecule has 2 N–H and O–H groups in total. The fourth-order valence-corrected chi connectivity index (χ4v) is 1.35. The summed E-state index contributed by atoms with van der Waals surface area (Å²) in [4.78, 5) is 0. The lowest BCUT2D eigenvalue weighted by Gasteiger charge is -2.12. The van der Waals surface area contributed by atoms with Crippen molar-refractivity contribution in [1.29, 1.82) is 0 Å². The summed E-state index contributed by atoms with van der Waals surface area (Å²) in [5, 5.41) is 0. The van der Waals surface area contributed by atoms with E-state index in [1.165, 1.54) is 0 Å². The second kappa shape index (κ2) is 6.55. The quantitative estimate of drug-likeness (QED) is 0.815. The van der Waals surface area contributed by atoms with Gasteiger partial charge < -0.3 is 5.73 Å². The summed E-state index contributed by atoms with van der Waals surface area (Å²) in [6.45, 7) is 3.48. The van der Waals surface area contributed by atoms with Crippen molar-refractivity contribution < 1.29 is 13.2 Å². The van der Waals surface area contributed by atoms with Crippen LogP contribution in [0.2, 0.25) is 0 Å². The van der Waals surface area contributed by atoms with Gasteiger partial charge >= 0.3 is 0 Å². The first-order chi connectivity index (χ1) is 7.06. The summed E-state index contributed by atoms with van der Waals surface area (Å²) in [6, 6.07) is 0.488. The van der Waals surface area contributed by atoms with Gasteiger partial charge in [-0.05, 0) is 12.8 Å². The molecule has 0 spiro atoms. The SMILES string of the molecule is C=CCC[C@@H](N)c1c(F)cc(F)cc1F.Cl. The second-order valence-electron chi connectivity index (χ2n) is 3.26. The number of allylic oxidation sites excluding steroid dienone is 1. The number of nitrogens with two attached hydrogens (primary N) is 1. The first-order valence-corrected chi connectivity index (χ1v) is 4.57. The minimum absolute atomic E-state index is 0. The Labute approximate surface area is 98.6 Å². The van der Waals surface area contributed by atoms with Gasteiger partial charge in [0.2, 0.25) is 0 Å². The molecule has 0 saturated carbocycles. The summed E-state index contributed by atoms with van der Waals surface area (Å²) in [5.74, 6) is -2.82. The minimum Gasteiger partial charge on any atom is -0.324 e. The van der Waals surface area contributed by atoms with E-state index >= 15 is 0 Å². The molecule has 0 aliphatic rings. The molecule has 0 fully saturated rings. The number of hydrogen-bond acceptors (Lipinski definition) is 1. The molecule has 1 aromatic carbocycles. The van der Waals surface area contributed by atoms with E-state index in [4.69, 9.17) is 5.73 Å². The predicted octanol–water partition coefficient (Wildman–Crippen LogP) is 3.49. The first kappa shape index (κ1) is 15.0. The lowest BCUT2D eigenvalue weighted by atomic mass is 10.0. The molecule has 1 nitrogen and oxygen atoms in total. The molecule has 16 heavy (non-hydrogen) atoms. The normalized spacial score (nSPS) is 11.8. The smallest absolute Gasteiger partial charge is 0.133 e. The maximum atomic E-state index is 13.2. The number of halogens is 4. The van der Waals surface area contributed by atoms with E-state index < -0.39 is 23.5 Å². The molecule has 1 atom stereocenters. The highest BCUT2D eigenvalue weighted by Crippen LogP contribution is 2.23. The molecule has 5 heteroatoms. The van der Waals surface area contributed by atoms with Crippen molar-refractivity contribution in [2.45, 2.75) is 18.9 Å². The standard InChI is InChI=1S/C11H12F3N.ClH/c1-2-3-4-10(15)11-8(13)5-7(12)6-9(11)14;/h2,5-6,10H,1,3-4,15H2;1H/t10-;/m1./s1. The van der Waals surface area contributed by atoms with Gasteiger partial charge in [0, 0.05) is 23.7 Å². The molecule has 0 saturated heterocycles. The van der Waals surface area contributed by atoms with E-state index in [0.29, 0.717) is 25.0 Å². The fraction of sp³-hybridized carbons (Fsp3) is 0.273. The average Bonchev–Trinajstić information content (AvgIpc) is 2.12. The molecule has 0 radical (unpaired) electrons. The third-order valence-corrected chi connectivity index (χ3v) is 2.10. The molecule has 0 aliphatic heterocycles. The van der Waals surface area contributed by atoms with Crippen LogP contribution in [0.15, 0.2) is 24.8 Å². The van der Waals surface area contributed by atoms with Crippen LogP contribution < -0.4 is 5.73 Å². The Kier molecular flexibility index (Phi) is 6.14. The van der Waals surface area contributed by atoms with Crippen LogP contribution in [-0.2, 0) is 0 Å². The van der Waals surface area contributed by atoms with E-state index in [2.05, 4.69) is 6.58 Å². The third-order valence-electron chi connectivity index (χ3n) is 2.10. The van der Waals surface area contributed by atoms with E-state index in [1.54, 1.807) is 6.08 Å². The van der Waals surface area contributed by atoms with Crippen LogP contribution in [0, 0.1) is 17.5 Å². The van der Waals surface area contributed by atoms with Gasteiger partial charge in [-0.25, -0.2) is 13.2 Å². The summed E-state index contributed by atoms with van der Waals surface area (Å²) in [6.07, 6.45) is 2.54. The molecular formula is C11H13ClF3N. The Hall–Kier alpha value is -1.00. The Bertz CT molecular complexity index is 345. The first-order valence-electron chi connectivity index (χ1n) is 4.57. The van der Waals surface area contributed by atoms with Gasteiger partial charge in [0.25, 0.3) is 0 Å². The lowest BCUT2D eigenvalue weighted by molar-refractivity contribution is 0.494. The summed E-state index contributed by atoms with van der Waals surface area (Å²) in [5.41, 5.74) is 5.32. The zero-order chi connectivity index (χ0) is 11.4. The Morgan fingerprint density at radius 2 is 1.75 bits per heavy atom. The molecule has 0 amide bonds. The zero-order valence-electron chi connectivity index (χ0n) is 8.55. The van der Waals surface area contributed by atoms with E-state index in [1.807, 2.05) is 0 Å². The van der Waals surface area contributed by atoms with Crippen molar-refractivity contribution in [2.24, 2.45) is 5.73 Å². The molecule has 0 aliphatic carbocycles. The fourth-order valence-electron chi connectivity index (χ4n) is 1.35. The van der Waals surface area contributed by atoms with Crippen LogP contribution in [0.3, 0.4) is 0 Å². The van der Waals surface area contributed by atoms with Gasteiger partial charge in [0.1, 0.15) is 17.5 Å². The van der Waals surface area contributed by atoms with Gasteiger partial charge in [-0.15, -0.1) is 19.0 Å². The van der Waals surface area contributed by atoms with Crippen LogP contribution in [0.5, 0.6) is 0 Å². The van der Waals surface area contributed by atoms with Crippen molar-refractivity contribution in [2.75, 3.05) is 0 Å². The third kappa shape index (κ3) is 3.54. The molecular weight excluding hydrogens is 239 g/mol. The van der Waals surface area contributed by atoms with Crippen LogP contribution in [0.25, 0.3) is 0 Å². The van der Waals surface area contributed by atoms with Gasteiger partial charge in [-0.2, -0.15) is 0 Å². The van der Waals surface area contributed by atoms with Crippen LogP contribution in [0.4, 0.5) is 13.2 Å². The van der Waals surface area contributed by atoms with Gasteiger partial charge in [0.15, 0.2) is 0 Å². The summed E-state index contributed by atoms with van der Waals surface area (Å²) >= 11 is 0. The van der Waals surface area contributed by atoms with Crippen LogP contribution in [0.1, 0.15) is 24.4 Å². The molecule has 0 bridgehead atoms. The maximum Gasteiger partial charge on any atom is 0.133 e. The molecule has 0 unspecified atom stereocenters. The van der Waals surface area contributed by atoms with Gasteiger partial charge in [0.05, 0.1) is 0 Å². The zero-order valence-corrected chi connectivity index (χ0v) is 9.37. The molecule has 1 rings (SSSR count). The topological polar surface area (TPSA) is 26.0 Å². The Morgan fingerprint density at radius 3 is 2.19 bits per heavy atom. The number of rotatable bonds is 4. The monoisotopic (exact) mass is 251 g/mol. The van der Waals surface area contributed by atoms with Crippen molar-refractivity contribution >= 4 is 12.4 Å². The molecule has 0 aromatic heterocycles. The Balaban J connectivity index is 0.00000225. The average molecular weight is 252 g/mol.